The molecule has 4 heteroatoms. The zero-order chi connectivity index (χ0) is 16.1. The van der Waals surface area contributed by atoms with E-state index in [1.54, 1.807) is 12.4 Å². The van der Waals surface area contributed by atoms with Crippen LogP contribution in [0, 0.1) is 0 Å². The summed E-state index contributed by atoms with van der Waals surface area (Å²) >= 11 is 0. The van der Waals surface area contributed by atoms with Gasteiger partial charge in [-0.1, -0.05) is 43.7 Å². The molecule has 2 N–H and O–H groups in total. The van der Waals surface area contributed by atoms with Gasteiger partial charge in [0.1, 0.15) is 0 Å². The van der Waals surface area contributed by atoms with Crippen molar-refractivity contribution in [3.05, 3.63) is 60.4 Å². The minimum atomic E-state index is 0.302. The highest BCUT2D eigenvalue weighted by Gasteiger charge is 2.16. The molecule has 0 saturated carbocycles. The van der Waals surface area contributed by atoms with Gasteiger partial charge in [0.05, 0.1) is 11.4 Å². The number of nitrogen functional groups attached to an aromatic ring is 1. The molecule has 0 saturated heterocycles. The Morgan fingerprint density at radius 1 is 0.870 bits per heavy atom. The van der Waals surface area contributed by atoms with Crippen LogP contribution in [0.15, 0.2) is 54.9 Å². The standard InChI is InChI=1S/C19H20N4/c1-2-3-9-16-17(14-7-5-4-6-8-14)22-19(20)23-18(16)15-10-12-21-13-11-15/h4-8,10-13H,2-3,9H2,1H3,(H2,20,22,23). The van der Waals surface area contributed by atoms with Gasteiger partial charge in [0.15, 0.2) is 0 Å². The number of anilines is 1. The fraction of sp³-hybridized carbons (Fsp3) is 0.211. The Balaban J connectivity index is 2.21. The third kappa shape index (κ3) is 3.37. The third-order valence-electron chi connectivity index (χ3n) is 3.81. The van der Waals surface area contributed by atoms with Crippen molar-refractivity contribution in [2.45, 2.75) is 26.2 Å². The third-order valence-corrected chi connectivity index (χ3v) is 3.81. The summed E-state index contributed by atoms with van der Waals surface area (Å²) < 4.78 is 0. The highest BCUT2D eigenvalue weighted by atomic mass is 15.0. The molecule has 2 heterocycles. The fourth-order valence-electron chi connectivity index (χ4n) is 2.67. The maximum Gasteiger partial charge on any atom is 0.221 e. The molecular weight excluding hydrogens is 284 g/mol. The molecule has 0 aliphatic rings. The van der Waals surface area contributed by atoms with Crippen LogP contribution in [0.5, 0.6) is 0 Å². The van der Waals surface area contributed by atoms with Crippen LogP contribution in [0.1, 0.15) is 25.3 Å². The zero-order valence-corrected chi connectivity index (χ0v) is 13.2. The molecule has 3 aromatic rings. The van der Waals surface area contributed by atoms with Crippen molar-refractivity contribution in [2.75, 3.05) is 5.73 Å². The van der Waals surface area contributed by atoms with Crippen molar-refractivity contribution < 1.29 is 0 Å². The van der Waals surface area contributed by atoms with E-state index in [0.717, 1.165) is 47.3 Å². The molecule has 1 aromatic carbocycles. The topological polar surface area (TPSA) is 64.7 Å². The molecule has 0 spiro atoms. The first kappa shape index (κ1) is 15.2. The van der Waals surface area contributed by atoms with Crippen molar-refractivity contribution in [2.24, 2.45) is 0 Å². The largest absolute Gasteiger partial charge is 0.368 e. The van der Waals surface area contributed by atoms with Gasteiger partial charge in [-0.25, -0.2) is 9.97 Å². The zero-order valence-electron chi connectivity index (χ0n) is 13.2. The smallest absolute Gasteiger partial charge is 0.221 e. The minimum Gasteiger partial charge on any atom is -0.368 e. The minimum absolute atomic E-state index is 0.302. The van der Waals surface area contributed by atoms with Crippen LogP contribution < -0.4 is 5.73 Å². The summed E-state index contributed by atoms with van der Waals surface area (Å²) in [5.41, 5.74) is 11.1. The van der Waals surface area contributed by atoms with Gasteiger partial charge in [0, 0.05) is 29.1 Å². The van der Waals surface area contributed by atoms with Crippen LogP contribution >= 0.6 is 0 Å². The fourth-order valence-corrected chi connectivity index (χ4v) is 2.67. The van der Waals surface area contributed by atoms with Crippen LogP contribution in [0.25, 0.3) is 22.5 Å². The second-order valence-electron chi connectivity index (χ2n) is 5.46. The molecule has 23 heavy (non-hydrogen) atoms. The van der Waals surface area contributed by atoms with Gasteiger partial charge in [0.25, 0.3) is 0 Å². The van der Waals surface area contributed by atoms with E-state index in [2.05, 4.69) is 34.0 Å². The van der Waals surface area contributed by atoms with Crippen LogP contribution in [0.2, 0.25) is 0 Å². The monoisotopic (exact) mass is 304 g/mol. The predicted octanol–water partition coefficient (Wildman–Crippen LogP) is 4.13. The van der Waals surface area contributed by atoms with Crippen molar-refractivity contribution >= 4 is 5.95 Å². The summed E-state index contributed by atoms with van der Waals surface area (Å²) in [6.07, 6.45) is 6.69. The number of hydrogen-bond acceptors (Lipinski definition) is 4. The molecule has 0 bridgehead atoms. The van der Waals surface area contributed by atoms with Crippen molar-refractivity contribution in [3.8, 4) is 22.5 Å². The maximum atomic E-state index is 5.99. The van der Waals surface area contributed by atoms with E-state index in [1.165, 1.54) is 0 Å². The number of hydrogen-bond donors (Lipinski definition) is 1. The van der Waals surface area contributed by atoms with Crippen LogP contribution in [-0.4, -0.2) is 15.0 Å². The Morgan fingerprint density at radius 3 is 2.09 bits per heavy atom. The Hall–Kier alpha value is -2.75. The average molecular weight is 304 g/mol. The van der Waals surface area contributed by atoms with Gasteiger partial charge >= 0.3 is 0 Å². The average Bonchev–Trinajstić information content (AvgIpc) is 2.61. The summed E-state index contributed by atoms with van der Waals surface area (Å²) in [6, 6.07) is 14.1. The van der Waals surface area contributed by atoms with Gasteiger partial charge in [-0.3, -0.25) is 4.98 Å². The lowest BCUT2D eigenvalue weighted by molar-refractivity contribution is 0.791. The molecular formula is C19H20N4. The van der Waals surface area contributed by atoms with Gasteiger partial charge in [-0.15, -0.1) is 0 Å². The van der Waals surface area contributed by atoms with Crippen molar-refractivity contribution in [1.29, 1.82) is 0 Å². The second kappa shape index (κ2) is 7.01. The molecule has 0 aliphatic carbocycles. The van der Waals surface area contributed by atoms with E-state index in [1.807, 2.05) is 30.3 Å². The summed E-state index contributed by atoms with van der Waals surface area (Å²) in [5.74, 6) is 0.302. The number of nitrogens with zero attached hydrogens (tertiary/aromatic N) is 3. The molecule has 0 aliphatic heterocycles. The van der Waals surface area contributed by atoms with Gasteiger partial charge in [-0.05, 0) is 25.0 Å². The molecule has 116 valence electrons. The molecule has 0 atom stereocenters. The maximum absolute atomic E-state index is 5.99. The van der Waals surface area contributed by atoms with Crippen molar-refractivity contribution in [1.82, 2.24) is 15.0 Å². The summed E-state index contributed by atoms with van der Waals surface area (Å²) in [7, 11) is 0. The molecule has 0 fully saturated rings. The Morgan fingerprint density at radius 2 is 1.48 bits per heavy atom. The molecule has 0 amide bonds. The molecule has 3 rings (SSSR count). The van der Waals surface area contributed by atoms with E-state index < -0.39 is 0 Å². The van der Waals surface area contributed by atoms with E-state index >= 15 is 0 Å². The first-order valence-corrected chi connectivity index (χ1v) is 7.91. The Kier molecular flexibility index (Phi) is 4.62. The van der Waals surface area contributed by atoms with E-state index in [0.29, 0.717) is 5.95 Å². The number of rotatable bonds is 5. The number of pyridine rings is 1. The van der Waals surface area contributed by atoms with E-state index in [4.69, 9.17) is 5.73 Å². The molecule has 4 nitrogen and oxygen atoms in total. The lowest BCUT2D eigenvalue weighted by atomic mass is 9.96. The SMILES string of the molecule is CCCCc1c(-c2ccccc2)nc(N)nc1-c1ccncc1. The lowest BCUT2D eigenvalue weighted by Gasteiger charge is -2.14. The number of benzene rings is 1. The molecule has 2 aromatic heterocycles. The highest BCUT2D eigenvalue weighted by Crippen LogP contribution is 2.31. The van der Waals surface area contributed by atoms with Gasteiger partial charge in [0.2, 0.25) is 5.95 Å². The lowest BCUT2D eigenvalue weighted by Crippen LogP contribution is -2.05. The van der Waals surface area contributed by atoms with Crippen LogP contribution in [-0.2, 0) is 6.42 Å². The van der Waals surface area contributed by atoms with E-state index in [-0.39, 0.29) is 0 Å². The second-order valence-corrected chi connectivity index (χ2v) is 5.46. The van der Waals surface area contributed by atoms with Gasteiger partial charge < -0.3 is 5.73 Å². The normalized spacial score (nSPS) is 10.7. The highest BCUT2D eigenvalue weighted by molar-refractivity contribution is 5.74. The first-order chi connectivity index (χ1) is 11.3. The number of aromatic nitrogens is 3. The summed E-state index contributed by atoms with van der Waals surface area (Å²) in [5, 5.41) is 0. The number of unbranched alkanes of at least 4 members (excludes halogenated alkanes) is 1. The Bertz CT molecular complexity index is 709. The van der Waals surface area contributed by atoms with Crippen LogP contribution in [0.4, 0.5) is 5.95 Å². The Labute approximate surface area is 136 Å². The quantitative estimate of drug-likeness (QED) is 0.769. The van der Waals surface area contributed by atoms with Crippen molar-refractivity contribution in [3.63, 3.8) is 0 Å². The van der Waals surface area contributed by atoms with E-state index in [9.17, 15) is 0 Å². The van der Waals surface area contributed by atoms with Crippen LogP contribution in [0.3, 0.4) is 0 Å². The summed E-state index contributed by atoms with van der Waals surface area (Å²) in [6.45, 7) is 2.19. The predicted molar refractivity (Wildman–Crippen MR) is 93.7 cm³/mol. The molecule has 0 radical (unpaired) electrons. The molecule has 0 unspecified atom stereocenters. The first-order valence-electron chi connectivity index (χ1n) is 7.91. The number of nitrogens with two attached hydrogens (primary N) is 1. The summed E-state index contributed by atoms with van der Waals surface area (Å²) in [4.78, 5) is 13.1. The van der Waals surface area contributed by atoms with Gasteiger partial charge in [-0.2, -0.15) is 0 Å².